The highest BCUT2D eigenvalue weighted by Crippen LogP contribution is 2.19. The van der Waals surface area contributed by atoms with Gasteiger partial charge in [-0.1, -0.05) is 0 Å². The highest BCUT2D eigenvalue weighted by atomic mass is 32.2. The van der Waals surface area contributed by atoms with Gasteiger partial charge in [-0.3, -0.25) is 9.69 Å². The van der Waals surface area contributed by atoms with Crippen molar-refractivity contribution in [1.29, 1.82) is 0 Å². The molecule has 2 rings (SSSR count). The fraction of sp³-hybridized carbons (Fsp3) is 0.562. The maximum atomic E-state index is 12.9. The summed E-state index contributed by atoms with van der Waals surface area (Å²) in [5, 5.41) is 9.11. The number of benzene rings is 1. The van der Waals surface area contributed by atoms with E-state index in [2.05, 4.69) is 0 Å². The minimum Gasteiger partial charge on any atom is -0.492 e. The van der Waals surface area contributed by atoms with E-state index in [0.717, 1.165) is 0 Å². The molecule has 0 bridgehead atoms. The Bertz CT molecular complexity index is 672. The number of carbonyl (C=O) groups is 1. The summed E-state index contributed by atoms with van der Waals surface area (Å²) < 4.78 is 42.9. The van der Waals surface area contributed by atoms with E-state index in [9.17, 15) is 17.6 Å². The minimum absolute atomic E-state index is 0.00841. The summed E-state index contributed by atoms with van der Waals surface area (Å²) >= 11 is 0. The Labute approximate surface area is 147 Å². The van der Waals surface area contributed by atoms with E-state index < -0.39 is 16.0 Å². The molecular weight excluding hydrogens is 351 g/mol. The van der Waals surface area contributed by atoms with Crippen LogP contribution in [0.1, 0.15) is 12.8 Å². The SMILES string of the molecule is CS(=O)(=O)N1CCC(N(CCOc2ccc(F)cc2)CC(=O)O)CC1. The van der Waals surface area contributed by atoms with Crippen LogP contribution in [0.2, 0.25) is 0 Å². The number of piperidine rings is 1. The normalized spacial score (nSPS) is 16.9. The maximum Gasteiger partial charge on any atom is 0.317 e. The quantitative estimate of drug-likeness (QED) is 0.731. The second-order valence-electron chi connectivity index (χ2n) is 6.06. The number of ether oxygens (including phenoxy) is 1. The van der Waals surface area contributed by atoms with Crippen LogP contribution in [0.5, 0.6) is 5.75 Å². The molecule has 25 heavy (non-hydrogen) atoms. The topological polar surface area (TPSA) is 87.2 Å². The Hall–Kier alpha value is -1.71. The minimum atomic E-state index is -3.21. The first-order valence-electron chi connectivity index (χ1n) is 8.05. The first-order chi connectivity index (χ1) is 11.8. The zero-order chi connectivity index (χ0) is 18.4. The molecule has 0 aliphatic carbocycles. The van der Waals surface area contributed by atoms with Gasteiger partial charge in [0, 0.05) is 25.7 Å². The highest BCUT2D eigenvalue weighted by molar-refractivity contribution is 7.88. The Balaban J connectivity index is 1.88. The average Bonchev–Trinajstić information content (AvgIpc) is 2.55. The predicted molar refractivity (Wildman–Crippen MR) is 90.5 cm³/mol. The molecule has 1 N–H and O–H groups in total. The average molecular weight is 374 g/mol. The zero-order valence-corrected chi connectivity index (χ0v) is 14.9. The lowest BCUT2D eigenvalue weighted by molar-refractivity contribution is -0.139. The first kappa shape index (κ1) is 19.6. The van der Waals surface area contributed by atoms with Crippen LogP contribution < -0.4 is 4.74 Å². The van der Waals surface area contributed by atoms with Crippen molar-refractivity contribution in [3.63, 3.8) is 0 Å². The molecule has 7 nitrogen and oxygen atoms in total. The summed E-state index contributed by atoms with van der Waals surface area (Å²) in [6, 6.07) is 5.62. The number of carboxylic acids is 1. The molecule has 0 saturated carbocycles. The third-order valence-corrected chi connectivity index (χ3v) is 5.51. The summed E-state index contributed by atoms with van der Waals surface area (Å²) in [6.45, 7) is 1.31. The van der Waals surface area contributed by atoms with E-state index in [-0.39, 0.29) is 25.0 Å². The molecule has 0 aromatic heterocycles. The number of hydrogen-bond donors (Lipinski definition) is 1. The number of carboxylic acid groups (broad SMARTS) is 1. The lowest BCUT2D eigenvalue weighted by atomic mass is 10.0. The second-order valence-corrected chi connectivity index (χ2v) is 8.04. The summed E-state index contributed by atoms with van der Waals surface area (Å²) in [6.07, 6.45) is 2.34. The molecule has 0 atom stereocenters. The largest absolute Gasteiger partial charge is 0.492 e. The van der Waals surface area contributed by atoms with Gasteiger partial charge in [-0.15, -0.1) is 0 Å². The van der Waals surface area contributed by atoms with Gasteiger partial charge in [-0.25, -0.2) is 17.1 Å². The number of rotatable bonds is 8. The van der Waals surface area contributed by atoms with Crippen LogP contribution in [-0.2, 0) is 14.8 Å². The van der Waals surface area contributed by atoms with Crippen molar-refractivity contribution < 1.29 is 27.4 Å². The molecule has 0 unspecified atom stereocenters. The van der Waals surface area contributed by atoms with Gasteiger partial charge in [-0.05, 0) is 37.1 Å². The molecule has 1 aliphatic rings. The number of aliphatic carboxylic acids is 1. The van der Waals surface area contributed by atoms with E-state index in [1.54, 1.807) is 4.90 Å². The van der Waals surface area contributed by atoms with E-state index in [4.69, 9.17) is 9.84 Å². The van der Waals surface area contributed by atoms with E-state index in [1.807, 2.05) is 0 Å². The number of sulfonamides is 1. The summed E-state index contributed by atoms with van der Waals surface area (Å²) in [5.41, 5.74) is 0. The Morgan fingerprint density at radius 3 is 2.44 bits per heavy atom. The van der Waals surface area contributed by atoms with Crippen molar-refractivity contribution in [3.8, 4) is 5.75 Å². The molecule has 0 radical (unpaired) electrons. The van der Waals surface area contributed by atoms with Crippen LogP contribution in [0, 0.1) is 5.82 Å². The zero-order valence-electron chi connectivity index (χ0n) is 14.1. The molecular formula is C16H23FN2O5S. The lowest BCUT2D eigenvalue weighted by Crippen LogP contribution is -2.48. The van der Waals surface area contributed by atoms with Gasteiger partial charge in [0.15, 0.2) is 0 Å². The Morgan fingerprint density at radius 2 is 1.92 bits per heavy atom. The number of hydrogen-bond acceptors (Lipinski definition) is 5. The molecule has 0 amide bonds. The molecule has 1 saturated heterocycles. The van der Waals surface area contributed by atoms with Gasteiger partial charge in [0.25, 0.3) is 0 Å². The predicted octanol–water partition coefficient (Wildman–Crippen LogP) is 1.02. The van der Waals surface area contributed by atoms with Gasteiger partial charge in [0.1, 0.15) is 18.2 Å². The van der Waals surface area contributed by atoms with Crippen LogP contribution >= 0.6 is 0 Å². The highest BCUT2D eigenvalue weighted by Gasteiger charge is 2.29. The molecule has 1 aromatic carbocycles. The van der Waals surface area contributed by atoms with Crippen LogP contribution in [0.15, 0.2) is 24.3 Å². The van der Waals surface area contributed by atoms with Gasteiger partial charge in [-0.2, -0.15) is 0 Å². The molecule has 1 aromatic rings. The van der Waals surface area contributed by atoms with Gasteiger partial charge < -0.3 is 9.84 Å². The smallest absolute Gasteiger partial charge is 0.317 e. The molecule has 9 heteroatoms. The van der Waals surface area contributed by atoms with Crippen LogP contribution in [0.25, 0.3) is 0 Å². The Morgan fingerprint density at radius 1 is 1.32 bits per heavy atom. The standard InChI is InChI=1S/C16H23FN2O5S/c1-25(22,23)19-8-6-14(7-9-19)18(12-16(20)21)10-11-24-15-4-2-13(17)3-5-15/h2-5,14H,6-12H2,1H3,(H,20,21). The molecule has 1 fully saturated rings. The summed E-state index contributed by atoms with van der Waals surface area (Å²) in [5.74, 6) is -0.770. The Kier molecular flexibility index (Phi) is 6.74. The van der Waals surface area contributed by atoms with Crippen molar-refractivity contribution in [3.05, 3.63) is 30.1 Å². The third kappa shape index (κ3) is 6.26. The molecule has 0 spiro atoms. The van der Waals surface area contributed by atoms with Crippen molar-refractivity contribution in [2.75, 3.05) is 39.0 Å². The molecule has 140 valence electrons. The summed E-state index contributed by atoms with van der Waals surface area (Å²) in [7, 11) is -3.21. The lowest BCUT2D eigenvalue weighted by Gasteiger charge is -2.36. The van der Waals surface area contributed by atoms with Gasteiger partial charge in [0.2, 0.25) is 10.0 Å². The first-order valence-corrected chi connectivity index (χ1v) is 9.90. The van der Waals surface area contributed by atoms with Gasteiger partial charge in [0.05, 0.1) is 12.8 Å². The fourth-order valence-corrected chi connectivity index (χ4v) is 3.79. The number of nitrogens with zero attached hydrogens (tertiary/aromatic N) is 2. The van der Waals surface area contributed by atoms with Crippen LogP contribution in [0.3, 0.4) is 0 Å². The van der Waals surface area contributed by atoms with Crippen molar-refractivity contribution in [2.24, 2.45) is 0 Å². The molecule has 1 heterocycles. The number of halogens is 1. The molecule has 1 aliphatic heterocycles. The van der Waals surface area contributed by atoms with E-state index >= 15 is 0 Å². The van der Waals surface area contributed by atoms with Crippen molar-refractivity contribution >= 4 is 16.0 Å². The second kappa shape index (κ2) is 8.59. The van der Waals surface area contributed by atoms with Crippen molar-refractivity contribution in [2.45, 2.75) is 18.9 Å². The van der Waals surface area contributed by atoms with Crippen LogP contribution in [0.4, 0.5) is 4.39 Å². The maximum absolute atomic E-state index is 12.9. The monoisotopic (exact) mass is 374 g/mol. The third-order valence-electron chi connectivity index (χ3n) is 4.21. The van der Waals surface area contributed by atoms with E-state index in [1.165, 1.54) is 34.8 Å². The summed E-state index contributed by atoms with van der Waals surface area (Å²) in [4.78, 5) is 12.9. The van der Waals surface area contributed by atoms with Crippen LogP contribution in [-0.4, -0.2) is 73.8 Å². The van der Waals surface area contributed by atoms with Crippen molar-refractivity contribution in [1.82, 2.24) is 9.21 Å². The van der Waals surface area contributed by atoms with E-state index in [0.29, 0.717) is 38.2 Å². The van der Waals surface area contributed by atoms with Gasteiger partial charge >= 0.3 is 5.97 Å². The fourth-order valence-electron chi connectivity index (χ4n) is 2.91.